The minimum Gasteiger partial charge on any atom is -0.388 e. The van der Waals surface area contributed by atoms with Crippen LogP contribution in [-0.4, -0.2) is 26.9 Å². The van der Waals surface area contributed by atoms with E-state index in [0.717, 1.165) is 5.69 Å². The van der Waals surface area contributed by atoms with Crippen LogP contribution in [0, 0.1) is 0 Å². The van der Waals surface area contributed by atoms with Gasteiger partial charge < -0.3 is 10.4 Å². The fourth-order valence-electron chi connectivity index (χ4n) is 0.756. The molecule has 12 heavy (non-hydrogen) atoms. The standard InChI is InChI=1S/C8H15N3O/c1-6(8(2,3)12)11-7-4-9-10-5-7/h4-6,11-12H,1-3H3,(H,9,10). The molecule has 0 spiro atoms. The molecule has 0 aromatic carbocycles. The van der Waals surface area contributed by atoms with Gasteiger partial charge in [0.15, 0.2) is 0 Å². The number of hydrogen-bond acceptors (Lipinski definition) is 3. The van der Waals surface area contributed by atoms with Crippen LogP contribution >= 0.6 is 0 Å². The van der Waals surface area contributed by atoms with Crippen molar-refractivity contribution in [2.24, 2.45) is 0 Å². The molecule has 0 bridgehead atoms. The van der Waals surface area contributed by atoms with Crippen LogP contribution in [-0.2, 0) is 0 Å². The number of aromatic nitrogens is 2. The highest BCUT2D eigenvalue weighted by atomic mass is 16.3. The smallest absolute Gasteiger partial charge is 0.0789 e. The predicted octanol–water partition coefficient (Wildman–Crippen LogP) is 0.981. The second-order valence-electron chi connectivity index (χ2n) is 3.51. The summed E-state index contributed by atoms with van der Waals surface area (Å²) < 4.78 is 0. The third-order valence-electron chi connectivity index (χ3n) is 1.94. The largest absolute Gasteiger partial charge is 0.388 e. The molecule has 68 valence electrons. The van der Waals surface area contributed by atoms with Gasteiger partial charge in [0.1, 0.15) is 0 Å². The van der Waals surface area contributed by atoms with Crippen LogP contribution in [0.1, 0.15) is 20.8 Å². The van der Waals surface area contributed by atoms with E-state index in [1.54, 1.807) is 26.2 Å². The maximum Gasteiger partial charge on any atom is 0.0789 e. The Morgan fingerprint density at radius 3 is 2.75 bits per heavy atom. The first-order chi connectivity index (χ1) is 5.50. The van der Waals surface area contributed by atoms with Gasteiger partial charge in [0.2, 0.25) is 0 Å². The predicted molar refractivity (Wildman–Crippen MR) is 48.0 cm³/mol. The summed E-state index contributed by atoms with van der Waals surface area (Å²) >= 11 is 0. The van der Waals surface area contributed by atoms with Gasteiger partial charge in [0.25, 0.3) is 0 Å². The fourth-order valence-corrected chi connectivity index (χ4v) is 0.756. The average molecular weight is 169 g/mol. The van der Waals surface area contributed by atoms with E-state index in [2.05, 4.69) is 15.5 Å². The van der Waals surface area contributed by atoms with Crippen LogP contribution in [0.3, 0.4) is 0 Å². The lowest BCUT2D eigenvalue weighted by Crippen LogP contribution is -2.39. The molecule has 0 aliphatic heterocycles. The number of aromatic amines is 1. The minimum absolute atomic E-state index is 0.00454. The van der Waals surface area contributed by atoms with Gasteiger partial charge in [-0.1, -0.05) is 0 Å². The van der Waals surface area contributed by atoms with Gasteiger partial charge in [-0.2, -0.15) is 5.10 Å². The Hall–Kier alpha value is -1.03. The molecular weight excluding hydrogens is 154 g/mol. The molecule has 0 amide bonds. The Bertz CT molecular complexity index is 225. The lowest BCUT2D eigenvalue weighted by molar-refractivity contribution is 0.0649. The van der Waals surface area contributed by atoms with E-state index in [1.165, 1.54) is 0 Å². The van der Waals surface area contributed by atoms with Crippen LogP contribution in [0.2, 0.25) is 0 Å². The molecule has 1 aromatic heterocycles. The topological polar surface area (TPSA) is 60.9 Å². The zero-order chi connectivity index (χ0) is 9.19. The highest BCUT2D eigenvalue weighted by Crippen LogP contribution is 2.13. The Kier molecular flexibility index (Phi) is 2.38. The molecule has 0 aliphatic rings. The van der Waals surface area contributed by atoms with Gasteiger partial charge >= 0.3 is 0 Å². The number of hydrogen-bond donors (Lipinski definition) is 3. The van der Waals surface area contributed by atoms with Gasteiger partial charge in [-0.25, -0.2) is 0 Å². The summed E-state index contributed by atoms with van der Waals surface area (Å²) in [6, 6.07) is -0.00454. The van der Waals surface area contributed by atoms with Crippen molar-refractivity contribution in [2.75, 3.05) is 5.32 Å². The molecule has 1 unspecified atom stereocenters. The Balaban J connectivity index is 2.53. The summed E-state index contributed by atoms with van der Waals surface area (Å²) in [4.78, 5) is 0. The zero-order valence-electron chi connectivity index (χ0n) is 7.63. The summed E-state index contributed by atoms with van der Waals surface area (Å²) in [7, 11) is 0. The van der Waals surface area contributed by atoms with E-state index >= 15 is 0 Å². The average Bonchev–Trinajstić information content (AvgIpc) is 2.37. The summed E-state index contributed by atoms with van der Waals surface area (Å²) in [5, 5.41) is 19.2. The van der Waals surface area contributed by atoms with E-state index in [9.17, 15) is 5.11 Å². The molecule has 0 saturated carbocycles. The molecule has 1 heterocycles. The first-order valence-corrected chi connectivity index (χ1v) is 3.98. The minimum atomic E-state index is -0.725. The molecule has 0 saturated heterocycles. The molecule has 1 rings (SSSR count). The molecule has 3 N–H and O–H groups in total. The lowest BCUT2D eigenvalue weighted by Gasteiger charge is -2.26. The van der Waals surface area contributed by atoms with E-state index in [4.69, 9.17) is 0 Å². The van der Waals surface area contributed by atoms with E-state index in [-0.39, 0.29) is 6.04 Å². The van der Waals surface area contributed by atoms with Crippen LogP contribution in [0.4, 0.5) is 5.69 Å². The highest BCUT2D eigenvalue weighted by molar-refractivity contribution is 5.39. The molecular formula is C8H15N3O. The summed E-state index contributed by atoms with van der Waals surface area (Å²) in [5.41, 5.74) is 0.168. The Morgan fingerprint density at radius 2 is 2.33 bits per heavy atom. The van der Waals surface area contributed by atoms with Gasteiger partial charge in [0, 0.05) is 6.20 Å². The number of H-pyrrole nitrogens is 1. The lowest BCUT2D eigenvalue weighted by atomic mass is 10.0. The van der Waals surface area contributed by atoms with Crippen LogP contribution in [0.5, 0.6) is 0 Å². The van der Waals surface area contributed by atoms with Gasteiger partial charge in [-0.05, 0) is 20.8 Å². The van der Waals surface area contributed by atoms with Crippen LogP contribution < -0.4 is 5.32 Å². The molecule has 0 aliphatic carbocycles. The van der Waals surface area contributed by atoms with Gasteiger partial charge in [-0.15, -0.1) is 0 Å². The third-order valence-corrected chi connectivity index (χ3v) is 1.94. The maximum atomic E-state index is 9.59. The first-order valence-electron chi connectivity index (χ1n) is 3.98. The van der Waals surface area contributed by atoms with E-state index in [1.807, 2.05) is 6.92 Å². The number of nitrogens with one attached hydrogen (secondary N) is 2. The van der Waals surface area contributed by atoms with Crippen molar-refractivity contribution >= 4 is 5.69 Å². The molecule has 1 aromatic rings. The van der Waals surface area contributed by atoms with E-state index < -0.39 is 5.60 Å². The second-order valence-corrected chi connectivity index (χ2v) is 3.51. The highest BCUT2D eigenvalue weighted by Gasteiger charge is 2.21. The molecule has 4 nitrogen and oxygen atoms in total. The second kappa shape index (κ2) is 3.15. The number of anilines is 1. The molecule has 0 fully saturated rings. The number of rotatable bonds is 3. The summed E-state index contributed by atoms with van der Waals surface area (Å²) in [5.74, 6) is 0. The van der Waals surface area contributed by atoms with Crippen LogP contribution in [0.15, 0.2) is 12.4 Å². The first kappa shape index (κ1) is 9.06. The fraction of sp³-hybridized carbons (Fsp3) is 0.625. The van der Waals surface area contributed by atoms with E-state index in [0.29, 0.717) is 0 Å². The summed E-state index contributed by atoms with van der Waals surface area (Å²) in [6.07, 6.45) is 3.43. The van der Waals surface area contributed by atoms with Crippen molar-refractivity contribution in [1.82, 2.24) is 10.2 Å². The quantitative estimate of drug-likeness (QED) is 0.632. The van der Waals surface area contributed by atoms with Gasteiger partial charge in [-0.3, -0.25) is 5.10 Å². The number of aliphatic hydroxyl groups is 1. The Labute approximate surface area is 72.0 Å². The molecule has 1 atom stereocenters. The zero-order valence-corrected chi connectivity index (χ0v) is 7.63. The van der Waals surface area contributed by atoms with Crippen molar-refractivity contribution in [3.05, 3.63) is 12.4 Å². The van der Waals surface area contributed by atoms with Crippen molar-refractivity contribution < 1.29 is 5.11 Å². The summed E-state index contributed by atoms with van der Waals surface area (Å²) in [6.45, 7) is 5.46. The Morgan fingerprint density at radius 1 is 1.67 bits per heavy atom. The SMILES string of the molecule is CC(Nc1cn[nH]c1)C(C)(C)O. The molecule has 4 heteroatoms. The van der Waals surface area contributed by atoms with Crippen molar-refractivity contribution in [3.8, 4) is 0 Å². The van der Waals surface area contributed by atoms with Crippen molar-refractivity contribution in [1.29, 1.82) is 0 Å². The van der Waals surface area contributed by atoms with Crippen molar-refractivity contribution in [2.45, 2.75) is 32.4 Å². The van der Waals surface area contributed by atoms with Crippen molar-refractivity contribution in [3.63, 3.8) is 0 Å². The van der Waals surface area contributed by atoms with Gasteiger partial charge in [0.05, 0.1) is 23.5 Å². The monoisotopic (exact) mass is 169 g/mol. The number of nitrogens with zero attached hydrogens (tertiary/aromatic N) is 1. The third kappa shape index (κ3) is 2.23. The molecule has 0 radical (unpaired) electrons. The van der Waals surface area contributed by atoms with Crippen LogP contribution in [0.25, 0.3) is 0 Å². The maximum absolute atomic E-state index is 9.59. The normalized spacial score (nSPS) is 14.3.